The van der Waals surface area contributed by atoms with E-state index in [9.17, 15) is 0 Å². The summed E-state index contributed by atoms with van der Waals surface area (Å²) in [5.41, 5.74) is 7.36. The Morgan fingerprint density at radius 2 is 2.03 bits per heavy atom. The summed E-state index contributed by atoms with van der Waals surface area (Å²) in [7, 11) is 0. The number of fused-ring (bicyclic) bond motifs is 2. The molecular weight excluding hydrogens is 364 g/mol. The van der Waals surface area contributed by atoms with Crippen molar-refractivity contribution in [1.29, 1.82) is 0 Å². The summed E-state index contributed by atoms with van der Waals surface area (Å²) >= 11 is 0. The van der Waals surface area contributed by atoms with Gasteiger partial charge in [-0.3, -0.25) is 0 Å². The van der Waals surface area contributed by atoms with Crippen LogP contribution in [0.15, 0.2) is 30.7 Å². The molecule has 1 saturated heterocycles. The lowest BCUT2D eigenvalue weighted by molar-refractivity contribution is 0.156. The second-order valence-electron chi connectivity index (χ2n) is 8.12. The lowest BCUT2D eigenvalue weighted by atomic mass is 9.98. The number of piperidine rings is 1. The van der Waals surface area contributed by atoms with Crippen LogP contribution in [0.2, 0.25) is 0 Å². The van der Waals surface area contributed by atoms with Gasteiger partial charge in [0.15, 0.2) is 5.65 Å². The number of aromatic nitrogens is 5. The van der Waals surface area contributed by atoms with Gasteiger partial charge >= 0.3 is 0 Å². The minimum Gasteiger partial charge on any atom is -0.474 e. The molecule has 5 heterocycles. The van der Waals surface area contributed by atoms with Crippen molar-refractivity contribution < 1.29 is 4.74 Å². The van der Waals surface area contributed by atoms with Gasteiger partial charge in [-0.2, -0.15) is 5.10 Å². The molecule has 0 aliphatic carbocycles. The van der Waals surface area contributed by atoms with Gasteiger partial charge in [0.05, 0.1) is 16.7 Å². The molecule has 29 heavy (non-hydrogen) atoms. The number of aromatic amines is 1. The van der Waals surface area contributed by atoms with Crippen molar-refractivity contribution >= 4 is 16.7 Å². The van der Waals surface area contributed by atoms with E-state index in [-0.39, 0.29) is 6.10 Å². The number of aryl methyl sites for hydroxylation is 1. The Labute approximate surface area is 169 Å². The first-order chi connectivity index (χ1) is 14.1. The third kappa shape index (κ3) is 3.25. The van der Waals surface area contributed by atoms with Gasteiger partial charge in [0, 0.05) is 23.4 Å². The Hall–Kier alpha value is -2.93. The van der Waals surface area contributed by atoms with Crippen LogP contribution in [-0.2, 0) is 0 Å². The molecule has 7 nitrogen and oxygen atoms in total. The van der Waals surface area contributed by atoms with E-state index in [1.807, 2.05) is 16.8 Å². The number of ether oxygens (including phenoxy) is 1. The third-order valence-corrected chi connectivity index (χ3v) is 5.65. The van der Waals surface area contributed by atoms with E-state index in [2.05, 4.69) is 53.3 Å². The largest absolute Gasteiger partial charge is 0.474 e. The molecule has 0 unspecified atom stereocenters. The highest BCUT2D eigenvalue weighted by Gasteiger charge is 2.20. The molecule has 1 aliphatic heterocycles. The number of nitrogens with zero attached hydrogens (tertiary/aromatic N) is 4. The van der Waals surface area contributed by atoms with E-state index in [1.165, 1.54) is 5.56 Å². The van der Waals surface area contributed by atoms with E-state index >= 15 is 0 Å². The molecule has 1 fully saturated rings. The zero-order valence-corrected chi connectivity index (χ0v) is 17.1. The zero-order chi connectivity index (χ0) is 20.0. The molecule has 0 spiro atoms. The van der Waals surface area contributed by atoms with Gasteiger partial charge in [-0.25, -0.2) is 14.5 Å². The summed E-state index contributed by atoms with van der Waals surface area (Å²) in [4.78, 5) is 12.8. The number of rotatable bonds is 4. The first-order valence-corrected chi connectivity index (χ1v) is 10.3. The molecule has 0 atom stereocenters. The van der Waals surface area contributed by atoms with Crippen LogP contribution in [-0.4, -0.2) is 43.8 Å². The smallest absolute Gasteiger partial charge is 0.214 e. The first kappa shape index (κ1) is 18.1. The SMILES string of the molecule is Cc1cc(-c2[nH]c3ccc(OC4CCNCC4)nc3c2C(C)C)cn2ncnc12. The second-order valence-corrected chi connectivity index (χ2v) is 8.12. The monoisotopic (exact) mass is 390 g/mol. The van der Waals surface area contributed by atoms with Crippen LogP contribution < -0.4 is 10.1 Å². The summed E-state index contributed by atoms with van der Waals surface area (Å²) < 4.78 is 8.02. The summed E-state index contributed by atoms with van der Waals surface area (Å²) in [5.74, 6) is 1.02. The van der Waals surface area contributed by atoms with Crippen molar-refractivity contribution in [3.05, 3.63) is 41.9 Å². The summed E-state index contributed by atoms with van der Waals surface area (Å²) in [6, 6.07) is 6.21. The van der Waals surface area contributed by atoms with Crippen LogP contribution in [0, 0.1) is 6.92 Å². The fraction of sp³-hybridized carbons (Fsp3) is 0.409. The summed E-state index contributed by atoms with van der Waals surface area (Å²) in [6.45, 7) is 8.48. The number of H-pyrrole nitrogens is 1. The van der Waals surface area contributed by atoms with Gasteiger partial charge in [-0.15, -0.1) is 0 Å². The first-order valence-electron chi connectivity index (χ1n) is 10.3. The van der Waals surface area contributed by atoms with Crippen LogP contribution in [0.1, 0.15) is 43.7 Å². The molecule has 7 heteroatoms. The maximum atomic E-state index is 6.19. The van der Waals surface area contributed by atoms with Crippen LogP contribution in [0.3, 0.4) is 0 Å². The fourth-order valence-electron chi connectivity index (χ4n) is 4.24. The molecular formula is C22H26N6O. The number of pyridine rings is 2. The number of hydrogen-bond acceptors (Lipinski definition) is 5. The molecule has 0 bridgehead atoms. The zero-order valence-electron chi connectivity index (χ0n) is 17.1. The standard InChI is InChI=1S/C22H26N6O/c1-13(2)19-20(15-10-14(3)22-24-12-25-28(22)11-15)26-17-4-5-18(27-21(17)19)29-16-6-8-23-9-7-16/h4-5,10-13,16,23,26H,6-9H2,1-3H3. The minimum absolute atomic E-state index is 0.236. The Morgan fingerprint density at radius 3 is 2.83 bits per heavy atom. The Bertz CT molecular complexity index is 1170. The lowest BCUT2D eigenvalue weighted by Gasteiger charge is -2.23. The van der Waals surface area contributed by atoms with E-state index < -0.39 is 0 Å². The van der Waals surface area contributed by atoms with Gasteiger partial charge in [0.1, 0.15) is 12.4 Å². The number of hydrogen-bond donors (Lipinski definition) is 2. The Kier molecular flexibility index (Phi) is 4.47. The molecule has 5 rings (SSSR count). The predicted molar refractivity (Wildman–Crippen MR) is 113 cm³/mol. The van der Waals surface area contributed by atoms with Crippen molar-refractivity contribution in [3.63, 3.8) is 0 Å². The van der Waals surface area contributed by atoms with Gasteiger partial charge < -0.3 is 15.0 Å². The van der Waals surface area contributed by atoms with Crippen LogP contribution in [0.4, 0.5) is 0 Å². The molecule has 0 saturated carbocycles. The average Bonchev–Trinajstić information content (AvgIpc) is 3.33. The maximum Gasteiger partial charge on any atom is 0.214 e. The van der Waals surface area contributed by atoms with E-state index in [1.54, 1.807) is 6.33 Å². The lowest BCUT2D eigenvalue weighted by Crippen LogP contribution is -2.34. The average molecular weight is 390 g/mol. The highest BCUT2D eigenvalue weighted by molar-refractivity contribution is 5.89. The van der Waals surface area contributed by atoms with Crippen molar-refractivity contribution in [2.24, 2.45) is 0 Å². The topological polar surface area (TPSA) is 80.1 Å². The van der Waals surface area contributed by atoms with Gasteiger partial charge in [-0.05, 0) is 56.5 Å². The fourth-order valence-corrected chi connectivity index (χ4v) is 4.24. The molecule has 0 radical (unpaired) electrons. The molecule has 2 N–H and O–H groups in total. The van der Waals surface area contributed by atoms with Crippen molar-refractivity contribution in [1.82, 2.24) is 29.9 Å². The van der Waals surface area contributed by atoms with Crippen LogP contribution >= 0.6 is 0 Å². The second kappa shape index (κ2) is 7.15. The van der Waals surface area contributed by atoms with E-state index in [0.717, 1.165) is 59.4 Å². The maximum absolute atomic E-state index is 6.19. The molecule has 0 amide bonds. The van der Waals surface area contributed by atoms with Gasteiger partial charge in [0.25, 0.3) is 0 Å². The van der Waals surface area contributed by atoms with E-state index in [4.69, 9.17) is 9.72 Å². The van der Waals surface area contributed by atoms with Crippen LogP contribution in [0.25, 0.3) is 27.9 Å². The van der Waals surface area contributed by atoms with Gasteiger partial charge in [-0.1, -0.05) is 13.8 Å². The van der Waals surface area contributed by atoms with Crippen molar-refractivity contribution in [2.75, 3.05) is 13.1 Å². The minimum atomic E-state index is 0.236. The quantitative estimate of drug-likeness (QED) is 0.553. The highest BCUT2D eigenvalue weighted by atomic mass is 16.5. The molecule has 0 aromatic carbocycles. The summed E-state index contributed by atoms with van der Waals surface area (Å²) in [6.07, 6.45) is 5.89. The predicted octanol–water partition coefficient (Wildman–Crippen LogP) is 3.84. The summed E-state index contributed by atoms with van der Waals surface area (Å²) in [5, 5.41) is 7.70. The molecule has 150 valence electrons. The normalized spacial score (nSPS) is 15.6. The van der Waals surface area contributed by atoms with Gasteiger partial charge in [0.2, 0.25) is 5.88 Å². The van der Waals surface area contributed by atoms with Crippen molar-refractivity contribution in [2.45, 2.75) is 45.6 Å². The molecule has 4 aromatic heterocycles. The van der Waals surface area contributed by atoms with Crippen LogP contribution in [0.5, 0.6) is 5.88 Å². The van der Waals surface area contributed by atoms with E-state index in [0.29, 0.717) is 11.8 Å². The molecule has 4 aromatic rings. The third-order valence-electron chi connectivity index (χ3n) is 5.65. The highest BCUT2D eigenvalue weighted by Crippen LogP contribution is 2.36. The van der Waals surface area contributed by atoms with Crippen molar-refractivity contribution in [3.8, 4) is 17.1 Å². The molecule has 1 aliphatic rings. The number of nitrogens with one attached hydrogen (secondary N) is 2. The Balaban J connectivity index is 1.60. The Morgan fingerprint density at radius 1 is 1.21 bits per heavy atom.